The largest absolute Gasteiger partial charge is 0.493 e. The Labute approximate surface area is 208 Å². The number of nitrogens with zero attached hydrogens (tertiary/aromatic N) is 1. The third kappa shape index (κ3) is 4.83. The molecule has 0 bridgehead atoms. The molecule has 3 aromatic carbocycles. The maximum absolute atomic E-state index is 13.3. The Morgan fingerprint density at radius 1 is 0.971 bits per heavy atom. The van der Waals surface area contributed by atoms with E-state index < -0.39 is 5.91 Å². The Bertz CT molecular complexity index is 1220. The quantitative estimate of drug-likeness (QED) is 0.523. The topological polar surface area (TPSA) is 67.9 Å². The first-order valence-electron chi connectivity index (χ1n) is 10.8. The van der Waals surface area contributed by atoms with Crippen LogP contribution in [0.2, 0.25) is 10.0 Å². The first-order valence-corrected chi connectivity index (χ1v) is 11.5. The van der Waals surface area contributed by atoms with Crippen LogP contribution in [-0.4, -0.2) is 44.0 Å². The van der Waals surface area contributed by atoms with E-state index >= 15 is 0 Å². The van der Waals surface area contributed by atoms with E-state index in [4.69, 9.17) is 32.7 Å². The van der Waals surface area contributed by atoms with Crippen molar-refractivity contribution in [1.82, 2.24) is 10.2 Å². The summed E-state index contributed by atoms with van der Waals surface area (Å²) in [5, 5.41) is 3.34. The number of ether oxygens (including phenoxy) is 2. The molecular weight excluding hydrogens is 475 g/mol. The molecular formula is C26H24Cl2N2O4. The highest BCUT2D eigenvalue weighted by Crippen LogP contribution is 2.41. The van der Waals surface area contributed by atoms with Gasteiger partial charge in [0.15, 0.2) is 11.5 Å². The summed E-state index contributed by atoms with van der Waals surface area (Å²) in [4.78, 5) is 27.7. The standard InChI is InChI=1S/C26H24Cl2N2O4/c1-33-22-13-17-10-11-30(24(31)15-29-26(32)18-8-9-20(27)21(28)12-18)25(16-6-4-3-5-7-16)19(17)14-23(22)34-2/h3-9,12-14,25H,10-11,15H2,1-2H3,(H,29,32). The van der Waals surface area contributed by atoms with Gasteiger partial charge in [-0.2, -0.15) is 0 Å². The summed E-state index contributed by atoms with van der Waals surface area (Å²) < 4.78 is 11.0. The van der Waals surface area contributed by atoms with E-state index in [0.29, 0.717) is 35.1 Å². The molecule has 3 aromatic rings. The zero-order chi connectivity index (χ0) is 24.2. The van der Waals surface area contributed by atoms with Gasteiger partial charge in [-0.25, -0.2) is 0 Å². The summed E-state index contributed by atoms with van der Waals surface area (Å²) in [6.45, 7) is 0.356. The van der Waals surface area contributed by atoms with Gasteiger partial charge in [-0.1, -0.05) is 53.5 Å². The zero-order valence-corrected chi connectivity index (χ0v) is 20.3. The smallest absolute Gasteiger partial charge is 0.251 e. The number of fused-ring (bicyclic) bond motifs is 1. The fourth-order valence-electron chi connectivity index (χ4n) is 4.21. The minimum atomic E-state index is -0.396. The van der Waals surface area contributed by atoms with Crippen molar-refractivity contribution in [3.8, 4) is 11.5 Å². The molecule has 0 radical (unpaired) electrons. The molecule has 176 valence electrons. The number of benzene rings is 3. The van der Waals surface area contributed by atoms with Crippen LogP contribution in [0.15, 0.2) is 60.7 Å². The number of amides is 2. The van der Waals surface area contributed by atoms with Gasteiger partial charge < -0.3 is 19.7 Å². The van der Waals surface area contributed by atoms with Gasteiger partial charge in [0.25, 0.3) is 5.91 Å². The Balaban J connectivity index is 1.61. The molecule has 0 aliphatic carbocycles. The number of carbonyl (C=O) groups is 2. The van der Waals surface area contributed by atoms with Gasteiger partial charge >= 0.3 is 0 Å². The van der Waals surface area contributed by atoms with E-state index in [2.05, 4.69) is 5.32 Å². The van der Waals surface area contributed by atoms with Crippen molar-refractivity contribution in [3.63, 3.8) is 0 Å². The van der Waals surface area contributed by atoms with Crippen molar-refractivity contribution in [3.05, 3.63) is 93.0 Å². The Kier molecular flexibility index (Phi) is 7.29. The molecule has 0 fully saturated rings. The minimum absolute atomic E-state index is 0.148. The third-order valence-electron chi connectivity index (χ3n) is 5.89. The number of rotatable bonds is 6. The lowest BCUT2D eigenvalue weighted by molar-refractivity contribution is -0.132. The van der Waals surface area contributed by atoms with Crippen LogP contribution in [0.1, 0.15) is 33.1 Å². The molecule has 0 aromatic heterocycles. The summed E-state index contributed by atoms with van der Waals surface area (Å²) in [6, 6.07) is 18.0. The first-order chi connectivity index (χ1) is 16.4. The number of hydrogen-bond donors (Lipinski definition) is 1. The molecule has 0 saturated heterocycles. The van der Waals surface area contributed by atoms with Gasteiger partial charge in [0.05, 0.1) is 36.9 Å². The SMILES string of the molecule is COc1cc2c(cc1OC)C(c1ccccc1)N(C(=O)CNC(=O)c1ccc(Cl)c(Cl)c1)CC2. The predicted octanol–water partition coefficient (Wildman–Crippen LogP) is 4.91. The minimum Gasteiger partial charge on any atom is -0.493 e. The van der Waals surface area contributed by atoms with Crippen LogP contribution >= 0.6 is 23.2 Å². The van der Waals surface area contributed by atoms with E-state index in [9.17, 15) is 9.59 Å². The molecule has 1 heterocycles. The molecule has 1 unspecified atom stereocenters. The van der Waals surface area contributed by atoms with Crippen molar-refractivity contribution in [2.45, 2.75) is 12.5 Å². The lowest BCUT2D eigenvalue weighted by Crippen LogP contribution is -2.45. The van der Waals surface area contributed by atoms with E-state index in [0.717, 1.165) is 16.7 Å². The maximum atomic E-state index is 13.3. The van der Waals surface area contributed by atoms with Gasteiger partial charge in [0.1, 0.15) is 0 Å². The summed E-state index contributed by atoms with van der Waals surface area (Å²) >= 11 is 11.9. The number of hydrogen-bond acceptors (Lipinski definition) is 4. The first kappa shape index (κ1) is 23.9. The average Bonchev–Trinajstić information content (AvgIpc) is 2.87. The highest BCUT2D eigenvalue weighted by Gasteiger charge is 2.33. The molecule has 1 atom stereocenters. The third-order valence-corrected chi connectivity index (χ3v) is 6.63. The van der Waals surface area contributed by atoms with E-state index in [-0.39, 0.29) is 23.5 Å². The Morgan fingerprint density at radius 3 is 2.35 bits per heavy atom. The predicted molar refractivity (Wildman–Crippen MR) is 132 cm³/mol. The van der Waals surface area contributed by atoms with E-state index in [1.807, 2.05) is 42.5 Å². The monoisotopic (exact) mass is 498 g/mol. The van der Waals surface area contributed by atoms with Crippen molar-refractivity contribution in [1.29, 1.82) is 0 Å². The van der Waals surface area contributed by atoms with Gasteiger partial charge in [-0.05, 0) is 53.4 Å². The van der Waals surface area contributed by atoms with Crippen molar-refractivity contribution in [2.24, 2.45) is 0 Å². The highest BCUT2D eigenvalue weighted by molar-refractivity contribution is 6.42. The van der Waals surface area contributed by atoms with Gasteiger partial charge in [-0.15, -0.1) is 0 Å². The van der Waals surface area contributed by atoms with E-state index in [1.165, 1.54) is 6.07 Å². The number of methoxy groups -OCH3 is 2. The molecule has 8 heteroatoms. The van der Waals surface area contributed by atoms with Crippen molar-refractivity contribution in [2.75, 3.05) is 27.3 Å². The number of halogens is 2. The van der Waals surface area contributed by atoms with Gasteiger partial charge in [0, 0.05) is 12.1 Å². The molecule has 1 aliphatic rings. The highest BCUT2D eigenvalue weighted by atomic mass is 35.5. The van der Waals surface area contributed by atoms with Crippen molar-refractivity contribution < 1.29 is 19.1 Å². The van der Waals surface area contributed by atoms with Crippen LogP contribution in [0.4, 0.5) is 0 Å². The van der Waals surface area contributed by atoms with Crippen LogP contribution in [0.5, 0.6) is 11.5 Å². The fourth-order valence-corrected chi connectivity index (χ4v) is 4.50. The molecule has 1 N–H and O–H groups in total. The van der Waals surface area contributed by atoms with Crippen LogP contribution < -0.4 is 14.8 Å². The number of carbonyl (C=O) groups excluding carboxylic acids is 2. The molecule has 0 saturated carbocycles. The Morgan fingerprint density at radius 2 is 1.68 bits per heavy atom. The average molecular weight is 499 g/mol. The molecule has 2 amide bonds. The van der Waals surface area contributed by atoms with Gasteiger partial charge in [0.2, 0.25) is 5.91 Å². The zero-order valence-electron chi connectivity index (χ0n) is 18.8. The van der Waals surface area contributed by atoms with Crippen LogP contribution in [-0.2, 0) is 11.2 Å². The lowest BCUT2D eigenvalue weighted by Gasteiger charge is -2.38. The van der Waals surface area contributed by atoms with Crippen LogP contribution in [0, 0.1) is 0 Å². The lowest BCUT2D eigenvalue weighted by atomic mass is 9.87. The van der Waals surface area contributed by atoms with Crippen LogP contribution in [0.3, 0.4) is 0 Å². The second kappa shape index (κ2) is 10.4. The molecule has 4 rings (SSSR count). The fraction of sp³-hybridized carbons (Fsp3) is 0.231. The van der Waals surface area contributed by atoms with Crippen molar-refractivity contribution >= 4 is 35.0 Å². The van der Waals surface area contributed by atoms with Gasteiger partial charge in [-0.3, -0.25) is 9.59 Å². The summed E-state index contributed by atoms with van der Waals surface area (Å²) in [6.07, 6.45) is 0.658. The Hall–Kier alpha value is -3.22. The molecule has 0 spiro atoms. The number of nitrogens with one attached hydrogen (secondary N) is 1. The second-order valence-corrected chi connectivity index (χ2v) is 8.68. The van der Waals surface area contributed by atoms with Crippen LogP contribution in [0.25, 0.3) is 0 Å². The summed E-state index contributed by atoms with van der Waals surface area (Å²) in [5.41, 5.74) is 3.37. The second-order valence-electron chi connectivity index (χ2n) is 7.87. The maximum Gasteiger partial charge on any atom is 0.251 e. The normalized spacial score (nSPS) is 14.8. The molecule has 1 aliphatic heterocycles. The van der Waals surface area contributed by atoms with E-state index in [1.54, 1.807) is 31.3 Å². The molecule has 34 heavy (non-hydrogen) atoms. The summed E-state index contributed by atoms with van der Waals surface area (Å²) in [5.74, 6) is 0.667. The summed E-state index contributed by atoms with van der Waals surface area (Å²) in [7, 11) is 3.19. The molecule has 6 nitrogen and oxygen atoms in total.